The summed E-state index contributed by atoms with van der Waals surface area (Å²) >= 11 is 0. The first-order valence-corrected chi connectivity index (χ1v) is 9.84. The Morgan fingerprint density at radius 3 is 1.34 bits per heavy atom. The Labute approximate surface area is 208 Å². The number of carbonyl (C=O) groups excluding carboxylic acids is 1. The topological polar surface area (TPSA) is 223 Å². The Kier molecular flexibility index (Phi) is 7.36. The number of esters is 1. The van der Waals surface area contributed by atoms with Crippen molar-refractivity contribution in [3.63, 3.8) is 0 Å². The van der Waals surface area contributed by atoms with E-state index in [1.165, 1.54) is 0 Å². The van der Waals surface area contributed by atoms with E-state index in [1.807, 2.05) is 0 Å². The SMILES string of the molecule is COC(=O)c1cc(Nc2cc(F)c([N+](=O)[O-])cc2[N+](=O)[O-])cc(Nc2cc(F)c([N+](=O)[O-])cc2[N+](=O)[O-])c1. The molecule has 18 heteroatoms. The standard InChI is InChI=1S/C20H12F2N6O10/c1-38-20(29)9-2-10(23-14-5-12(21)16(25(30)31)7-18(14)27(34)35)4-11(3-9)24-15-6-13(22)17(26(32)33)8-19(15)28(36)37/h2-8,23-24H,1H3. The number of nitrogens with one attached hydrogen (secondary N) is 2. The van der Waals surface area contributed by atoms with Crippen molar-refractivity contribution >= 4 is 51.5 Å². The molecule has 0 bridgehead atoms. The molecule has 196 valence electrons. The lowest BCUT2D eigenvalue weighted by Crippen LogP contribution is -2.06. The van der Waals surface area contributed by atoms with E-state index >= 15 is 0 Å². The molecule has 0 unspecified atom stereocenters. The van der Waals surface area contributed by atoms with E-state index in [2.05, 4.69) is 15.4 Å². The number of benzene rings is 3. The summed E-state index contributed by atoms with van der Waals surface area (Å²) in [5.41, 5.74) is -5.82. The van der Waals surface area contributed by atoms with E-state index in [0.29, 0.717) is 24.3 Å². The molecule has 0 saturated carbocycles. The molecule has 0 saturated heterocycles. The van der Waals surface area contributed by atoms with Gasteiger partial charge in [0.15, 0.2) is 0 Å². The van der Waals surface area contributed by atoms with Gasteiger partial charge in [0, 0.05) is 23.5 Å². The maximum atomic E-state index is 14.2. The lowest BCUT2D eigenvalue weighted by atomic mass is 10.1. The summed E-state index contributed by atoms with van der Waals surface area (Å²) in [7, 11) is 1.02. The molecule has 3 aromatic carbocycles. The second kappa shape index (κ2) is 10.4. The van der Waals surface area contributed by atoms with Gasteiger partial charge in [-0.2, -0.15) is 8.78 Å². The molecule has 38 heavy (non-hydrogen) atoms. The monoisotopic (exact) mass is 534 g/mol. The second-order valence-electron chi connectivity index (χ2n) is 7.21. The number of ether oxygens (including phenoxy) is 1. The highest BCUT2D eigenvalue weighted by atomic mass is 19.1. The van der Waals surface area contributed by atoms with Crippen LogP contribution in [0, 0.1) is 52.1 Å². The maximum Gasteiger partial charge on any atom is 0.337 e. The number of carbonyl (C=O) groups is 1. The normalized spacial score (nSPS) is 10.4. The first-order valence-electron chi connectivity index (χ1n) is 9.84. The molecule has 3 aromatic rings. The summed E-state index contributed by atoms with van der Waals surface area (Å²) < 4.78 is 33.0. The molecular formula is C20H12F2N6O10. The van der Waals surface area contributed by atoms with Crippen LogP contribution in [0.1, 0.15) is 10.4 Å². The summed E-state index contributed by atoms with van der Waals surface area (Å²) in [6, 6.07) is 5.00. The van der Waals surface area contributed by atoms with Crippen LogP contribution >= 0.6 is 0 Å². The molecule has 2 N–H and O–H groups in total. The van der Waals surface area contributed by atoms with Crippen LogP contribution in [-0.2, 0) is 4.74 Å². The zero-order valence-electron chi connectivity index (χ0n) is 18.7. The molecule has 0 atom stereocenters. The molecule has 0 amide bonds. The minimum absolute atomic E-state index is 0.170. The Balaban J connectivity index is 2.13. The van der Waals surface area contributed by atoms with Crippen molar-refractivity contribution in [3.8, 4) is 0 Å². The molecule has 0 aromatic heterocycles. The van der Waals surface area contributed by atoms with Crippen molar-refractivity contribution in [3.05, 3.63) is 100 Å². The average Bonchev–Trinajstić information content (AvgIpc) is 2.82. The highest BCUT2D eigenvalue weighted by Crippen LogP contribution is 2.37. The van der Waals surface area contributed by atoms with Crippen LogP contribution in [-0.4, -0.2) is 32.8 Å². The molecular weight excluding hydrogens is 522 g/mol. The highest BCUT2D eigenvalue weighted by molar-refractivity contribution is 5.93. The van der Waals surface area contributed by atoms with Crippen LogP contribution < -0.4 is 10.6 Å². The molecule has 3 rings (SSSR count). The summed E-state index contributed by atoms with van der Waals surface area (Å²) in [5.74, 6) is -3.78. The third-order valence-electron chi connectivity index (χ3n) is 4.83. The third kappa shape index (κ3) is 5.53. The van der Waals surface area contributed by atoms with E-state index in [-0.39, 0.29) is 16.9 Å². The van der Waals surface area contributed by atoms with Crippen LogP contribution in [0.3, 0.4) is 0 Å². The van der Waals surface area contributed by atoms with Gasteiger partial charge >= 0.3 is 17.3 Å². The largest absolute Gasteiger partial charge is 0.465 e. The smallest absolute Gasteiger partial charge is 0.337 e. The van der Waals surface area contributed by atoms with Gasteiger partial charge in [-0.3, -0.25) is 40.5 Å². The van der Waals surface area contributed by atoms with Crippen LogP contribution in [0.2, 0.25) is 0 Å². The maximum absolute atomic E-state index is 14.2. The van der Waals surface area contributed by atoms with E-state index in [0.717, 1.165) is 25.3 Å². The number of nitro benzene ring substituents is 4. The van der Waals surface area contributed by atoms with Crippen molar-refractivity contribution < 1.29 is 38.0 Å². The van der Waals surface area contributed by atoms with Crippen LogP contribution in [0.25, 0.3) is 0 Å². The second-order valence-corrected chi connectivity index (χ2v) is 7.21. The van der Waals surface area contributed by atoms with Crippen molar-refractivity contribution in [2.45, 2.75) is 0 Å². The highest BCUT2D eigenvalue weighted by Gasteiger charge is 2.27. The quantitative estimate of drug-likeness (QED) is 0.213. The minimum atomic E-state index is -1.41. The molecule has 0 aliphatic rings. The molecule has 0 heterocycles. The summed E-state index contributed by atoms with van der Waals surface area (Å²) in [4.78, 5) is 52.5. The van der Waals surface area contributed by atoms with Gasteiger partial charge in [0.05, 0.1) is 44.5 Å². The van der Waals surface area contributed by atoms with Crippen molar-refractivity contribution in [1.82, 2.24) is 0 Å². The van der Waals surface area contributed by atoms with Gasteiger partial charge in [-0.1, -0.05) is 0 Å². The minimum Gasteiger partial charge on any atom is -0.465 e. The van der Waals surface area contributed by atoms with Gasteiger partial charge in [-0.25, -0.2) is 4.79 Å². The Morgan fingerprint density at radius 1 is 0.658 bits per heavy atom. The van der Waals surface area contributed by atoms with Gasteiger partial charge < -0.3 is 15.4 Å². The molecule has 0 aliphatic carbocycles. The fourth-order valence-corrected chi connectivity index (χ4v) is 3.20. The number of rotatable bonds is 9. The Bertz CT molecular complexity index is 1430. The molecule has 0 aliphatic heterocycles. The zero-order chi connectivity index (χ0) is 28.3. The van der Waals surface area contributed by atoms with Gasteiger partial charge in [0.25, 0.3) is 11.4 Å². The van der Waals surface area contributed by atoms with Crippen LogP contribution in [0.5, 0.6) is 0 Å². The summed E-state index contributed by atoms with van der Waals surface area (Å²) in [6.07, 6.45) is 0. The Morgan fingerprint density at radius 2 is 1.03 bits per heavy atom. The van der Waals surface area contributed by atoms with Crippen molar-refractivity contribution in [2.24, 2.45) is 0 Å². The van der Waals surface area contributed by atoms with Gasteiger partial charge in [0.2, 0.25) is 11.6 Å². The van der Waals surface area contributed by atoms with E-state index in [1.54, 1.807) is 0 Å². The van der Waals surface area contributed by atoms with Crippen LogP contribution in [0.15, 0.2) is 42.5 Å². The third-order valence-corrected chi connectivity index (χ3v) is 4.83. The zero-order valence-corrected chi connectivity index (χ0v) is 18.7. The van der Waals surface area contributed by atoms with Crippen LogP contribution in [0.4, 0.5) is 54.3 Å². The van der Waals surface area contributed by atoms with Gasteiger partial charge in [-0.15, -0.1) is 0 Å². The van der Waals surface area contributed by atoms with E-state index in [4.69, 9.17) is 0 Å². The number of methoxy groups -OCH3 is 1. The van der Waals surface area contributed by atoms with Crippen molar-refractivity contribution in [1.29, 1.82) is 0 Å². The number of hydrogen-bond donors (Lipinski definition) is 2. The molecule has 16 nitrogen and oxygen atoms in total. The molecule has 0 radical (unpaired) electrons. The predicted molar refractivity (Wildman–Crippen MR) is 124 cm³/mol. The lowest BCUT2D eigenvalue weighted by Gasteiger charge is -2.13. The average molecular weight is 534 g/mol. The predicted octanol–water partition coefficient (Wildman–Crippen LogP) is 4.87. The fourth-order valence-electron chi connectivity index (χ4n) is 3.20. The summed E-state index contributed by atoms with van der Waals surface area (Å²) in [6.45, 7) is 0. The molecule has 0 spiro atoms. The number of nitrogens with zero attached hydrogens (tertiary/aromatic N) is 4. The number of hydrogen-bond acceptors (Lipinski definition) is 12. The number of nitro groups is 4. The first-order chi connectivity index (χ1) is 17.8. The van der Waals surface area contributed by atoms with Gasteiger partial charge in [0.1, 0.15) is 11.4 Å². The number of anilines is 4. The van der Waals surface area contributed by atoms with Gasteiger partial charge in [-0.05, 0) is 18.2 Å². The molecule has 0 fully saturated rings. The Hall–Kier alpha value is -5.81. The van der Waals surface area contributed by atoms with E-state index < -0.39 is 71.4 Å². The number of halogens is 2. The fraction of sp³-hybridized carbons (Fsp3) is 0.0500. The van der Waals surface area contributed by atoms with Crippen molar-refractivity contribution in [2.75, 3.05) is 17.7 Å². The summed E-state index contributed by atoms with van der Waals surface area (Å²) in [5, 5.41) is 49.6. The van der Waals surface area contributed by atoms with E-state index in [9.17, 15) is 54.0 Å². The lowest BCUT2D eigenvalue weighted by molar-refractivity contribution is -0.395. The first kappa shape index (κ1) is 26.8.